The predicted molar refractivity (Wildman–Crippen MR) is 72.3 cm³/mol. The Morgan fingerprint density at radius 1 is 1.45 bits per heavy atom. The van der Waals surface area contributed by atoms with Crippen molar-refractivity contribution in [2.75, 3.05) is 13.2 Å². The number of aromatic carboxylic acids is 1. The molecular weight excluding hydrogens is 282 g/mol. The molecule has 0 aromatic heterocycles. The molecule has 0 spiro atoms. The molecule has 1 fully saturated rings. The lowest BCUT2D eigenvalue weighted by molar-refractivity contribution is 0.0695. The number of carbonyl (C=O) groups is 1. The molecule has 1 aliphatic rings. The second kappa shape index (κ2) is 5.90. The number of nitrogens with one attached hydrogen (secondary N) is 1. The van der Waals surface area contributed by atoms with Gasteiger partial charge in [0.2, 0.25) is 10.0 Å². The quantitative estimate of drug-likeness (QED) is 0.870. The lowest BCUT2D eigenvalue weighted by Gasteiger charge is -2.23. The van der Waals surface area contributed by atoms with E-state index in [4.69, 9.17) is 9.84 Å². The lowest BCUT2D eigenvalue weighted by Crippen LogP contribution is -2.40. The van der Waals surface area contributed by atoms with Gasteiger partial charge in [-0.05, 0) is 37.5 Å². The topological polar surface area (TPSA) is 92.7 Å². The summed E-state index contributed by atoms with van der Waals surface area (Å²) in [6.07, 6.45) is 1.53. The Balaban J connectivity index is 2.24. The minimum absolute atomic E-state index is 0.00670. The van der Waals surface area contributed by atoms with Gasteiger partial charge in [-0.15, -0.1) is 0 Å². The first-order valence-corrected chi connectivity index (χ1v) is 7.82. The van der Waals surface area contributed by atoms with Gasteiger partial charge in [0.15, 0.2) is 0 Å². The minimum atomic E-state index is -3.73. The van der Waals surface area contributed by atoms with Crippen molar-refractivity contribution in [3.05, 3.63) is 29.3 Å². The monoisotopic (exact) mass is 299 g/mol. The Morgan fingerprint density at radius 2 is 2.20 bits per heavy atom. The average Bonchev–Trinajstić information content (AvgIpc) is 2.39. The van der Waals surface area contributed by atoms with Crippen molar-refractivity contribution in [1.29, 1.82) is 0 Å². The van der Waals surface area contributed by atoms with E-state index in [0.29, 0.717) is 18.8 Å². The summed E-state index contributed by atoms with van der Waals surface area (Å²) in [5.74, 6) is -1.14. The molecule has 1 atom stereocenters. The van der Waals surface area contributed by atoms with E-state index < -0.39 is 16.0 Å². The summed E-state index contributed by atoms with van der Waals surface area (Å²) in [6, 6.07) is 3.83. The summed E-state index contributed by atoms with van der Waals surface area (Å²) in [7, 11) is -3.73. The van der Waals surface area contributed by atoms with Gasteiger partial charge in [-0.1, -0.05) is 6.07 Å². The Bertz CT molecular complexity index is 605. The summed E-state index contributed by atoms with van der Waals surface area (Å²) < 4.78 is 32.2. The third-order valence-corrected chi connectivity index (χ3v) is 4.75. The highest BCUT2D eigenvalue weighted by atomic mass is 32.2. The highest BCUT2D eigenvalue weighted by molar-refractivity contribution is 7.89. The van der Waals surface area contributed by atoms with E-state index in [1.165, 1.54) is 18.2 Å². The fraction of sp³-hybridized carbons (Fsp3) is 0.462. The third-order valence-electron chi connectivity index (χ3n) is 3.23. The second-order valence-corrected chi connectivity index (χ2v) is 6.53. The smallest absolute Gasteiger partial charge is 0.335 e. The van der Waals surface area contributed by atoms with Gasteiger partial charge in [-0.3, -0.25) is 0 Å². The number of sulfonamides is 1. The van der Waals surface area contributed by atoms with Gasteiger partial charge in [0.25, 0.3) is 0 Å². The second-order valence-electron chi connectivity index (χ2n) is 4.82. The molecule has 7 heteroatoms. The summed E-state index contributed by atoms with van der Waals surface area (Å²) in [5, 5.41) is 9.04. The molecule has 0 saturated carbocycles. The van der Waals surface area contributed by atoms with Crippen LogP contribution in [-0.2, 0) is 14.8 Å². The molecule has 2 N–H and O–H groups in total. The summed E-state index contributed by atoms with van der Waals surface area (Å²) in [6.45, 7) is 2.62. The first-order chi connectivity index (χ1) is 9.40. The van der Waals surface area contributed by atoms with Crippen molar-refractivity contribution in [2.24, 2.45) is 0 Å². The van der Waals surface area contributed by atoms with E-state index in [9.17, 15) is 13.2 Å². The molecule has 1 unspecified atom stereocenters. The molecule has 2 rings (SSSR count). The maximum absolute atomic E-state index is 12.2. The van der Waals surface area contributed by atoms with Crippen LogP contribution in [0.15, 0.2) is 23.1 Å². The van der Waals surface area contributed by atoms with Crippen molar-refractivity contribution >= 4 is 16.0 Å². The molecule has 0 radical (unpaired) electrons. The Hall–Kier alpha value is -1.44. The van der Waals surface area contributed by atoms with E-state index in [-0.39, 0.29) is 16.5 Å². The maximum Gasteiger partial charge on any atom is 0.335 e. The Labute approximate surface area is 117 Å². The van der Waals surface area contributed by atoms with Crippen LogP contribution >= 0.6 is 0 Å². The molecule has 1 saturated heterocycles. The Kier molecular flexibility index (Phi) is 4.42. The summed E-state index contributed by atoms with van der Waals surface area (Å²) in [5.41, 5.74) is 0.519. The molecular formula is C13H17NO5S. The number of ether oxygens (including phenoxy) is 1. The van der Waals surface area contributed by atoms with Gasteiger partial charge in [-0.2, -0.15) is 0 Å². The minimum Gasteiger partial charge on any atom is -0.478 e. The van der Waals surface area contributed by atoms with E-state index in [1.807, 2.05) is 0 Å². The van der Waals surface area contributed by atoms with E-state index >= 15 is 0 Å². The predicted octanol–water partition coefficient (Wildman–Crippen LogP) is 1.15. The largest absolute Gasteiger partial charge is 0.478 e. The van der Waals surface area contributed by atoms with Crippen LogP contribution < -0.4 is 4.72 Å². The molecule has 1 aromatic carbocycles. The average molecular weight is 299 g/mol. The van der Waals surface area contributed by atoms with Gasteiger partial charge in [0.05, 0.1) is 17.1 Å². The fourth-order valence-corrected chi connectivity index (χ4v) is 3.40. The standard InChI is InChI=1S/C13H17NO5S/c1-9-4-5-11(7-12(9)13(15)16)20(17,18)14-10-3-2-6-19-8-10/h4-5,7,10,14H,2-3,6,8H2,1H3,(H,15,16). The number of carboxylic acid groups (broad SMARTS) is 1. The molecule has 0 amide bonds. The zero-order valence-corrected chi connectivity index (χ0v) is 11.9. The van der Waals surface area contributed by atoms with Crippen molar-refractivity contribution in [3.8, 4) is 0 Å². The number of hydrogen-bond acceptors (Lipinski definition) is 4. The molecule has 1 heterocycles. The third kappa shape index (κ3) is 3.36. The first-order valence-electron chi connectivity index (χ1n) is 6.34. The summed E-state index contributed by atoms with van der Waals surface area (Å²) in [4.78, 5) is 11.0. The van der Waals surface area contributed by atoms with Crippen LogP contribution in [0, 0.1) is 6.92 Å². The van der Waals surface area contributed by atoms with Crippen molar-refractivity contribution < 1.29 is 23.1 Å². The highest BCUT2D eigenvalue weighted by Crippen LogP contribution is 2.17. The van der Waals surface area contributed by atoms with Crippen LogP contribution in [0.5, 0.6) is 0 Å². The number of carboxylic acids is 1. The lowest BCUT2D eigenvalue weighted by atomic mass is 10.1. The number of hydrogen-bond donors (Lipinski definition) is 2. The van der Waals surface area contributed by atoms with E-state index in [2.05, 4.69) is 4.72 Å². The van der Waals surface area contributed by atoms with Crippen molar-refractivity contribution in [3.63, 3.8) is 0 Å². The number of aryl methyl sites for hydroxylation is 1. The molecule has 6 nitrogen and oxygen atoms in total. The molecule has 0 aliphatic carbocycles. The molecule has 1 aromatic rings. The highest BCUT2D eigenvalue weighted by Gasteiger charge is 2.23. The maximum atomic E-state index is 12.2. The Morgan fingerprint density at radius 3 is 2.80 bits per heavy atom. The van der Waals surface area contributed by atoms with Gasteiger partial charge in [0.1, 0.15) is 0 Å². The van der Waals surface area contributed by atoms with E-state index in [1.54, 1.807) is 6.92 Å². The number of benzene rings is 1. The summed E-state index contributed by atoms with van der Waals surface area (Å²) >= 11 is 0. The van der Waals surface area contributed by atoms with Gasteiger partial charge >= 0.3 is 5.97 Å². The molecule has 0 bridgehead atoms. The van der Waals surface area contributed by atoms with Gasteiger partial charge in [0, 0.05) is 12.6 Å². The van der Waals surface area contributed by atoms with Crippen LogP contribution in [0.1, 0.15) is 28.8 Å². The van der Waals surface area contributed by atoms with Crippen LogP contribution in [0.2, 0.25) is 0 Å². The van der Waals surface area contributed by atoms with Gasteiger partial charge < -0.3 is 9.84 Å². The SMILES string of the molecule is Cc1ccc(S(=O)(=O)NC2CCCOC2)cc1C(=O)O. The number of rotatable bonds is 4. The first kappa shape index (κ1) is 15.0. The van der Waals surface area contributed by atoms with Crippen molar-refractivity contribution in [1.82, 2.24) is 4.72 Å². The normalized spacial score (nSPS) is 19.8. The molecule has 110 valence electrons. The fourth-order valence-electron chi connectivity index (χ4n) is 2.12. The van der Waals surface area contributed by atoms with E-state index in [0.717, 1.165) is 12.8 Å². The van der Waals surface area contributed by atoms with Crippen molar-refractivity contribution in [2.45, 2.75) is 30.7 Å². The molecule has 1 aliphatic heterocycles. The van der Waals surface area contributed by atoms with Crippen LogP contribution in [0.25, 0.3) is 0 Å². The van der Waals surface area contributed by atoms with Crippen LogP contribution in [-0.4, -0.2) is 38.7 Å². The zero-order chi connectivity index (χ0) is 14.8. The van der Waals surface area contributed by atoms with Crippen LogP contribution in [0.4, 0.5) is 0 Å². The molecule has 20 heavy (non-hydrogen) atoms. The zero-order valence-electron chi connectivity index (χ0n) is 11.1. The van der Waals surface area contributed by atoms with Crippen LogP contribution in [0.3, 0.4) is 0 Å². The van der Waals surface area contributed by atoms with Gasteiger partial charge in [-0.25, -0.2) is 17.9 Å².